The Kier molecular flexibility index (Phi) is 2.83. The molecule has 3 amide bonds. The number of hydrogen-bond donors (Lipinski definition) is 2. The molecule has 1 saturated heterocycles. The van der Waals surface area contributed by atoms with Gasteiger partial charge in [-0.2, -0.15) is 0 Å². The number of carbonyl (C=O) groups excluding carboxylic acids is 3. The number of nitrogens with one attached hydrogen (secondary N) is 1. The fraction of sp³-hybridized carbons (Fsp3) is 0.357. The molecule has 0 aliphatic carbocycles. The fourth-order valence-corrected chi connectivity index (χ4v) is 2.70. The molecule has 0 bridgehead atoms. The highest BCUT2D eigenvalue weighted by Crippen LogP contribution is 2.30. The predicted octanol–water partition coefficient (Wildman–Crippen LogP) is -0.222. The van der Waals surface area contributed by atoms with E-state index in [0.717, 1.165) is 4.90 Å². The van der Waals surface area contributed by atoms with Crippen molar-refractivity contribution in [2.75, 3.05) is 6.61 Å². The first-order chi connectivity index (χ1) is 9.56. The summed E-state index contributed by atoms with van der Waals surface area (Å²) in [5.74, 6) is -1.46. The number of β-lactam (4-membered cyclic amide) rings is 1. The molecular weight excluding hydrogens is 260 g/mol. The second kappa shape index (κ2) is 4.42. The lowest BCUT2D eigenvalue weighted by atomic mass is 9.87. The summed E-state index contributed by atoms with van der Waals surface area (Å²) in [4.78, 5) is 37.4. The Morgan fingerprint density at radius 3 is 2.20 bits per heavy atom. The van der Waals surface area contributed by atoms with E-state index in [2.05, 4.69) is 5.32 Å². The largest absolute Gasteiger partial charge is 0.396 e. The fourth-order valence-electron chi connectivity index (χ4n) is 2.70. The first-order valence-electron chi connectivity index (χ1n) is 6.44. The number of carbonyl (C=O) groups is 3. The van der Waals surface area contributed by atoms with Crippen molar-refractivity contribution in [2.24, 2.45) is 5.92 Å². The lowest BCUT2D eigenvalue weighted by molar-refractivity contribution is -0.136. The minimum Gasteiger partial charge on any atom is -0.396 e. The first kappa shape index (κ1) is 12.8. The highest BCUT2D eigenvalue weighted by atomic mass is 16.3. The number of aliphatic hydroxyl groups is 1. The number of hydrogen-bond acceptors (Lipinski definition) is 4. The summed E-state index contributed by atoms with van der Waals surface area (Å²) in [6.45, 7) is 1.64. The van der Waals surface area contributed by atoms with Gasteiger partial charge >= 0.3 is 0 Å². The highest BCUT2D eigenvalue weighted by Gasteiger charge is 2.52. The van der Waals surface area contributed by atoms with Crippen molar-refractivity contribution < 1.29 is 19.5 Å². The van der Waals surface area contributed by atoms with Gasteiger partial charge in [0.15, 0.2) is 0 Å². The number of fused-ring (bicyclic) bond motifs is 1. The van der Waals surface area contributed by atoms with Crippen molar-refractivity contribution >= 4 is 17.7 Å². The van der Waals surface area contributed by atoms with Crippen LogP contribution in [-0.4, -0.2) is 46.4 Å². The molecule has 2 aliphatic rings. The molecule has 104 valence electrons. The zero-order valence-corrected chi connectivity index (χ0v) is 10.9. The average Bonchev–Trinajstić information content (AvgIpc) is 2.70. The Morgan fingerprint density at radius 1 is 1.20 bits per heavy atom. The molecule has 3 atom stereocenters. The number of imide groups is 1. The molecule has 0 saturated carbocycles. The van der Waals surface area contributed by atoms with Gasteiger partial charge < -0.3 is 10.4 Å². The van der Waals surface area contributed by atoms with Crippen LogP contribution >= 0.6 is 0 Å². The molecule has 6 heteroatoms. The number of benzene rings is 1. The zero-order valence-electron chi connectivity index (χ0n) is 10.9. The summed E-state index contributed by atoms with van der Waals surface area (Å²) in [6, 6.07) is 5.30. The molecule has 0 spiro atoms. The summed E-state index contributed by atoms with van der Waals surface area (Å²) in [7, 11) is 0. The van der Waals surface area contributed by atoms with E-state index in [0.29, 0.717) is 11.1 Å². The van der Waals surface area contributed by atoms with Crippen molar-refractivity contribution in [1.82, 2.24) is 10.2 Å². The summed E-state index contributed by atoms with van der Waals surface area (Å²) < 4.78 is 0. The molecule has 1 fully saturated rings. The SMILES string of the molecule is C[C@H](CO)[C@H]1NC(=O)[C@@H]1N1C(=O)c2ccccc2C1=O. The Bertz CT molecular complexity index is 578. The number of rotatable bonds is 3. The van der Waals surface area contributed by atoms with Crippen molar-refractivity contribution in [3.63, 3.8) is 0 Å². The van der Waals surface area contributed by atoms with Crippen LogP contribution in [0.4, 0.5) is 0 Å². The molecule has 2 heterocycles. The lowest BCUT2D eigenvalue weighted by Crippen LogP contribution is -2.72. The van der Waals surface area contributed by atoms with Crippen molar-refractivity contribution in [2.45, 2.75) is 19.0 Å². The molecule has 2 N–H and O–H groups in total. The highest BCUT2D eigenvalue weighted by molar-refractivity contribution is 6.23. The van der Waals surface area contributed by atoms with Gasteiger partial charge in [0.05, 0.1) is 17.2 Å². The van der Waals surface area contributed by atoms with Crippen molar-refractivity contribution in [1.29, 1.82) is 0 Å². The summed E-state index contributed by atoms with van der Waals surface area (Å²) in [6.07, 6.45) is 0. The van der Waals surface area contributed by atoms with Gasteiger partial charge in [-0.05, 0) is 12.1 Å². The minimum atomic E-state index is -0.829. The van der Waals surface area contributed by atoms with Gasteiger partial charge in [-0.1, -0.05) is 19.1 Å². The van der Waals surface area contributed by atoms with Crippen molar-refractivity contribution in [3.8, 4) is 0 Å². The van der Waals surface area contributed by atoms with Gasteiger partial charge in [0.2, 0.25) is 5.91 Å². The van der Waals surface area contributed by atoms with E-state index in [9.17, 15) is 19.5 Å². The average molecular weight is 274 g/mol. The molecule has 0 radical (unpaired) electrons. The van der Waals surface area contributed by atoms with E-state index in [-0.39, 0.29) is 18.4 Å². The molecule has 20 heavy (non-hydrogen) atoms. The van der Waals surface area contributed by atoms with Crippen LogP contribution < -0.4 is 5.32 Å². The van der Waals surface area contributed by atoms with Gasteiger partial charge in [-0.25, -0.2) is 0 Å². The topological polar surface area (TPSA) is 86.7 Å². The standard InChI is InChI=1S/C14H14N2O4/c1-7(6-17)10-11(12(18)15-10)16-13(19)8-4-2-3-5-9(8)14(16)20/h2-5,7,10-11,17H,6H2,1H3,(H,15,18)/t7-,10-,11-/m1/s1. The Balaban J connectivity index is 1.94. The van der Waals surface area contributed by atoms with Crippen LogP contribution in [0.3, 0.4) is 0 Å². The maximum Gasteiger partial charge on any atom is 0.262 e. The van der Waals surface area contributed by atoms with Crippen molar-refractivity contribution in [3.05, 3.63) is 35.4 Å². The minimum absolute atomic E-state index is 0.120. The molecular formula is C14H14N2O4. The van der Waals surface area contributed by atoms with E-state index in [1.807, 2.05) is 0 Å². The van der Waals surface area contributed by atoms with Crippen LogP contribution in [0.1, 0.15) is 27.6 Å². The Labute approximate surface area is 115 Å². The second-order valence-corrected chi connectivity index (χ2v) is 5.16. The monoisotopic (exact) mass is 274 g/mol. The predicted molar refractivity (Wildman–Crippen MR) is 68.9 cm³/mol. The van der Waals surface area contributed by atoms with Crippen LogP contribution in [0.2, 0.25) is 0 Å². The van der Waals surface area contributed by atoms with E-state index in [1.165, 1.54) is 0 Å². The van der Waals surface area contributed by atoms with Crippen LogP contribution in [0.15, 0.2) is 24.3 Å². The second-order valence-electron chi connectivity index (χ2n) is 5.16. The maximum absolute atomic E-state index is 12.3. The first-order valence-corrected chi connectivity index (χ1v) is 6.44. The summed E-state index contributed by atoms with van der Waals surface area (Å²) >= 11 is 0. The molecule has 1 aromatic rings. The lowest BCUT2D eigenvalue weighted by Gasteiger charge is -2.43. The van der Waals surface area contributed by atoms with Crippen LogP contribution in [0.25, 0.3) is 0 Å². The number of aliphatic hydroxyl groups excluding tert-OH is 1. The van der Waals surface area contributed by atoms with E-state index in [4.69, 9.17) is 0 Å². The van der Waals surface area contributed by atoms with Crippen LogP contribution in [0, 0.1) is 5.92 Å². The smallest absolute Gasteiger partial charge is 0.262 e. The molecule has 3 rings (SSSR count). The van der Waals surface area contributed by atoms with Gasteiger partial charge in [0.1, 0.15) is 6.04 Å². The Hall–Kier alpha value is -2.21. The summed E-state index contributed by atoms with van der Waals surface area (Å²) in [5, 5.41) is 11.8. The molecule has 6 nitrogen and oxygen atoms in total. The van der Waals surface area contributed by atoms with Crippen LogP contribution in [0.5, 0.6) is 0 Å². The molecule has 0 unspecified atom stereocenters. The molecule has 0 aromatic heterocycles. The van der Waals surface area contributed by atoms with Gasteiger partial charge in [-0.15, -0.1) is 0 Å². The third kappa shape index (κ3) is 1.58. The molecule has 1 aromatic carbocycles. The quantitative estimate of drug-likeness (QED) is 0.589. The zero-order chi connectivity index (χ0) is 14.4. The van der Waals surface area contributed by atoms with Gasteiger partial charge in [0, 0.05) is 12.5 Å². The van der Waals surface area contributed by atoms with E-state index >= 15 is 0 Å². The number of nitrogens with zero attached hydrogens (tertiary/aromatic N) is 1. The third-order valence-electron chi connectivity index (χ3n) is 3.92. The van der Waals surface area contributed by atoms with E-state index < -0.39 is 23.9 Å². The van der Waals surface area contributed by atoms with Crippen LogP contribution in [-0.2, 0) is 4.79 Å². The third-order valence-corrected chi connectivity index (χ3v) is 3.92. The van der Waals surface area contributed by atoms with Gasteiger partial charge in [0.25, 0.3) is 11.8 Å². The summed E-state index contributed by atoms with van der Waals surface area (Å²) in [5.41, 5.74) is 0.653. The van der Waals surface area contributed by atoms with Gasteiger partial charge in [-0.3, -0.25) is 19.3 Å². The van der Waals surface area contributed by atoms with E-state index in [1.54, 1.807) is 31.2 Å². The normalized spacial score (nSPS) is 26.1. The number of amides is 3. The Morgan fingerprint density at radius 2 is 1.75 bits per heavy atom. The maximum atomic E-state index is 12.3. The molecule has 2 aliphatic heterocycles.